The minimum Gasteiger partial charge on any atom is -0.399 e. The van der Waals surface area contributed by atoms with E-state index in [4.69, 9.17) is 11.5 Å². The first-order valence-corrected chi connectivity index (χ1v) is 7.48. The number of aromatic nitrogens is 2. The summed E-state index contributed by atoms with van der Waals surface area (Å²) in [5, 5.41) is 0. The lowest BCUT2D eigenvalue weighted by Crippen LogP contribution is -1.94. The number of pyridine rings is 2. The van der Waals surface area contributed by atoms with Gasteiger partial charge in [-0.05, 0) is 41.5 Å². The van der Waals surface area contributed by atoms with E-state index in [0.29, 0.717) is 5.82 Å². The van der Waals surface area contributed by atoms with Crippen LogP contribution in [0.5, 0.6) is 0 Å². The van der Waals surface area contributed by atoms with Crippen molar-refractivity contribution >= 4 is 17.1 Å². The van der Waals surface area contributed by atoms with Crippen LogP contribution in [0.2, 0.25) is 0 Å². The van der Waals surface area contributed by atoms with Crippen LogP contribution in [0.3, 0.4) is 0 Å². The number of nitrogen functional groups attached to an aromatic ring is 2. The number of benzene rings is 1. The van der Waals surface area contributed by atoms with Crippen molar-refractivity contribution in [1.29, 1.82) is 0 Å². The molecule has 1 aliphatic carbocycles. The highest BCUT2D eigenvalue weighted by atomic mass is 14.8. The highest BCUT2D eigenvalue weighted by molar-refractivity contribution is 5.86. The number of allylic oxidation sites excluding steroid dienone is 1. The monoisotopic (exact) mass is 300 g/mol. The Morgan fingerprint density at radius 2 is 1.52 bits per heavy atom. The van der Waals surface area contributed by atoms with Gasteiger partial charge < -0.3 is 11.5 Å². The predicted molar refractivity (Wildman–Crippen MR) is 93.5 cm³/mol. The smallest absolute Gasteiger partial charge is 0.123 e. The molecule has 0 bridgehead atoms. The van der Waals surface area contributed by atoms with Crippen LogP contribution in [0.25, 0.3) is 16.7 Å². The lowest BCUT2D eigenvalue weighted by Gasteiger charge is -2.09. The summed E-state index contributed by atoms with van der Waals surface area (Å²) in [6.07, 6.45) is 6.75. The van der Waals surface area contributed by atoms with Gasteiger partial charge in [-0.2, -0.15) is 0 Å². The fourth-order valence-corrected chi connectivity index (χ4v) is 2.87. The molecule has 2 heterocycles. The molecule has 4 heteroatoms. The van der Waals surface area contributed by atoms with Gasteiger partial charge in [-0.3, -0.25) is 4.98 Å². The Kier molecular flexibility index (Phi) is 3.08. The Balaban J connectivity index is 1.76. The number of fused-ring (bicyclic) bond motifs is 1. The molecule has 2 aromatic heterocycles. The quantitative estimate of drug-likeness (QED) is 0.712. The molecule has 3 aromatic rings. The normalized spacial score (nSPS) is 12.8. The lowest BCUT2D eigenvalue weighted by molar-refractivity contribution is 1.13. The van der Waals surface area contributed by atoms with Crippen LogP contribution in [-0.2, 0) is 6.42 Å². The van der Waals surface area contributed by atoms with Gasteiger partial charge >= 0.3 is 0 Å². The molecule has 0 saturated heterocycles. The van der Waals surface area contributed by atoms with E-state index in [9.17, 15) is 0 Å². The highest BCUT2D eigenvalue weighted by Crippen LogP contribution is 2.34. The Morgan fingerprint density at radius 1 is 0.783 bits per heavy atom. The van der Waals surface area contributed by atoms with Crippen molar-refractivity contribution in [3.63, 3.8) is 0 Å². The third kappa shape index (κ3) is 2.44. The zero-order chi connectivity index (χ0) is 15.8. The van der Waals surface area contributed by atoms with Gasteiger partial charge in [0.1, 0.15) is 5.82 Å². The molecule has 112 valence electrons. The summed E-state index contributed by atoms with van der Waals surface area (Å²) in [6, 6.07) is 13.9. The highest BCUT2D eigenvalue weighted by Gasteiger charge is 2.17. The number of nitrogens with zero attached hydrogens (tertiary/aromatic N) is 2. The predicted octanol–water partition coefficient (Wildman–Crippen LogP) is 3.30. The van der Waals surface area contributed by atoms with Gasteiger partial charge in [-0.15, -0.1) is 0 Å². The van der Waals surface area contributed by atoms with Gasteiger partial charge in [0.05, 0.1) is 5.69 Å². The molecule has 23 heavy (non-hydrogen) atoms. The van der Waals surface area contributed by atoms with Gasteiger partial charge in [0.25, 0.3) is 0 Å². The van der Waals surface area contributed by atoms with E-state index in [2.05, 4.69) is 22.1 Å². The molecule has 0 aliphatic heterocycles. The molecule has 0 unspecified atom stereocenters. The third-order valence-electron chi connectivity index (χ3n) is 4.10. The van der Waals surface area contributed by atoms with Crippen LogP contribution in [-0.4, -0.2) is 9.97 Å². The number of rotatable bonds is 2. The van der Waals surface area contributed by atoms with Gasteiger partial charge in [-0.25, -0.2) is 4.98 Å². The first-order chi connectivity index (χ1) is 11.2. The van der Waals surface area contributed by atoms with E-state index in [-0.39, 0.29) is 0 Å². The molecule has 4 N–H and O–H groups in total. The lowest BCUT2D eigenvalue weighted by atomic mass is 9.98. The molecule has 0 atom stereocenters. The van der Waals surface area contributed by atoms with Crippen molar-refractivity contribution in [1.82, 2.24) is 9.97 Å². The molecule has 1 aromatic carbocycles. The van der Waals surface area contributed by atoms with Gasteiger partial charge in [-0.1, -0.05) is 18.2 Å². The maximum absolute atomic E-state index is 5.78. The van der Waals surface area contributed by atoms with Crippen molar-refractivity contribution in [2.24, 2.45) is 0 Å². The SMILES string of the molecule is Nc1ccc(C2=CCc3ncc(-c4ccc(N)nc4)cc32)cc1. The summed E-state index contributed by atoms with van der Waals surface area (Å²) in [5.41, 5.74) is 18.9. The molecule has 4 rings (SSSR count). The summed E-state index contributed by atoms with van der Waals surface area (Å²) in [5.74, 6) is 0.519. The Hall–Kier alpha value is -3.14. The summed E-state index contributed by atoms with van der Waals surface area (Å²) < 4.78 is 0. The van der Waals surface area contributed by atoms with Crippen molar-refractivity contribution in [2.45, 2.75) is 6.42 Å². The molecule has 0 fully saturated rings. The Bertz CT molecular complexity index is 894. The minimum atomic E-state index is 0.519. The number of hydrogen-bond acceptors (Lipinski definition) is 4. The van der Waals surface area contributed by atoms with Gasteiger partial charge in [0.15, 0.2) is 0 Å². The zero-order valence-electron chi connectivity index (χ0n) is 12.5. The van der Waals surface area contributed by atoms with Gasteiger partial charge in [0, 0.05) is 41.2 Å². The Morgan fingerprint density at radius 3 is 2.26 bits per heavy atom. The van der Waals surface area contributed by atoms with Crippen LogP contribution in [0.15, 0.2) is 60.9 Å². The van der Waals surface area contributed by atoms with Crippen LogP contribution in [0.4, 0.5) is 11.5 Å². The number of nitrogens with two attached hydrogens (primary N) is 2. The summed E-state index contributed by atoms with van der Waals surface area (Å²) in [7, 11) is 0. The van der Waals surface area contributed by atoms with Crippen LogP contribution in [0, 0.1) is 0 Å². The largest absolute Gasteiger partial charge is 0.399 e. The van der Waals surface area contributed by atoms with E-state index >= 15 is 0 Å². The summed E-state index contributed by atoms with van der Waals surface area (Å²) in [4.78, 5) is 8.77. The molecule has 0 amide bonds. The van der Waals surface area contributed by atoms with E-state index in [0.717, 1.165) is 34.5 Å². The average molecular weight is 300 g/mol. The first kappa shape index (κ1) is 13.5. The standard InChI is InChI=1S/C19H16N4/c20-15-4-1-12(2-5-15)16-6-7-18-17(16)9-14(11-22-18)13-3-8-19(21)23-10-13/h1-6,8-11H,7,20H2,(H2,21,23). The van der Waals surface area contributed by atoms with Crippen molar-refractivity contribution in [3.05, 3.63) is 77.8 Å². The van der Waals surface area contributed by atoms with E-state index < -0.39 is 0 Å². The van der Waals surface area contributed by atoms with Crippen molar-refractivity contribution in [3.8, 4) is 11.1 Å². The fourth-order valence-electron chi connectivity index (χ4n) is 2.87. The average Bonchev–Trinajstić information content (AvgIpc) is 2.99. The Labute approximate surface area is 134 Å². The number of anilines is 2. The molecule has 4 nitrogen and oxygen atoms in total. The maximum atomic E-state index is 5.78. The second-order valence-electron chi connectivity index (χ2n) is 5.63. The fraction of sp³-hybridized carbons (Fsp3) is 0.0526. The minimum absolute atomic E-state index is 0.519. The zero-order valence-corrected chi connectivity index (χ0v) is 12.5. The molecular formula is C19H16N4. The molecule has 0 saturated carbocycles. The van der Waals surface area contributed by atoms with E-state index in [1.165, 1.54) is 11.1 Å². The summed E-state index contributed by atoms with van der Waals surface area (Å²) >= 11 is 0. The second kappa shape index (κ2) is 5.25. The van der Waals surface area contributed by atoms with Crippen molar-refractivity contribution < 1.29 is 0 Å². The first-order valence-electron chi connectivity index (χ1n) is 7.48. The number of hydrogen-bond donors (Lipinski definition) is 2. The van der Waals surface area contributed by atoms with E-state index in [1.807, 2.05) is 36.5 Å². The summed E-state index contributed by atoms with van der Waals surface area (Å²) in [6.45, 7) is 0. The van der Waals surface area contributed by atoms with Crippen LogP contribution < -0.4 is 11.5 Å². The molecule has 0 radical (unpaired) electrons. The van der Waals surface area contributed by atoms with Gasteiger partial charge in [0.2, 0.25) is 0 Å². The van der Waals surface area contributed by atoms with Crippen LogP contribution in [0.1, 0.15) is 16.8 Å². The topological polar surface area (TPSA) is 77.8 Å². The van der Waals surface area contributed by atoms with Crippen LogP contribution >= 0.6 is 0 Å². The molecular weight excluding hydrogens is 284 g/mol. The molecule has 0 spiro atoms. The third-order valence-corrected chi connectivity index (χ3v) is 4.10. The second-order valence-corrected chi connectivity index (χ2v) is 5.63. The molecule has 1 aliphatic rings. The van der Waals surface area contributed by atoms with E-state index in [1.54, 1.807) is 12.3 Å². The van der Waals surface area contributed by atoms with Crippen molar-refractivity contribution in [2.75, 3.05) is 11.5 Å². The maximum Gasteiger partial charge on any atom is 0.123 e.